The fourth-order valence-electron chi connectivity index (χ4n) is 2.05. The van der Waals surface area contributed by atoms with E-state index in [1.165, 1.54) is 0 Å². The summed E-state index contributed by atoms with van der Waals surface area (Å²) in [6.07, 6.45) is 2.91. The smallest absolute Gasteiger partial charge is 0.152 e. The molecule has 0 bridgehead atoms. The van der Waals surface area contributed by atoms with E-state index in [1.807, 2.05) is 53.1 Å². The number of hydrogen-bond acceptors (Lipinski definition) is 1. The Morgan fingerprint density at radius 3 is 2.53 bits per heavy atom. The first-order valence-corrected chi connectivity index (χ1v) is 4.85. The van der Waals surface area contributed by atoms with Gasteiger partial charge in [-0.25, -0.2) is 0 Å². The van der Waals surface area contributed by atoms with Crippen molar-refractivity contribution in [2.75, 3.05) is 0 Å². The van der Waals surface area contributed by atoms with Crippen molar-refractivity contribution in [3.8, 4) is 0 Å². The molecule has 0 aliphatic carbocycles. The minimum atomic E-state index is 0.770. The number of aldehydes is 1. The quantitative estimate of drug-likeness (QED) is 0.547. The van der Waals surface area contributed by atoms with Crippen LogP contribution in [0.4, 0.5) is 0 Å². The Morgan fingerprint density at radius 1 is 0.933 bits per heavy atom. The lowest BCUT2D eigenvalue weighted by Crippen LogP contribution is -1.82. The van der Waals surface area contributed by atoms with Crippen LogP contribution in [-0.4, -0.2) is 10.7 Å². The van der Waals surface area contributed by atoms with Crippen molar-refractivity contribution in [3.63, 3.8) is 0 Å². The van der Waals surface area contributed by atoms with Crippen LogP contribution in [0.2, 0.25) is 0 Å². The molecule has 2 heterocycles. The minimum absolute atomic E-state index is 0.770. The van der Waals surface area contributed by atoms with E-state index in [1.54, 1.807) is 0 Å². The molecule has 0 amide bonds. The number of carbonyl (C=O) groups excluding carboxylic acids is 1. The highest BCUT2D eigenvalue weighted by Gasteiger charge is 2.08. The maximum Gasteiger partial charge on any atom is 0.152 e. The van der Waals surface area contributed by atoms with E-state index in [0.29, 0.717) is 0 Å². The highest BCUT2D eigenvalue weighted by molar-refractivity contribution is 6.05. The molecule has 0 saturated carbocycles. The number of carbonyl (C=O) groups is 1. The average Bonchev–Trinajstić information content (AvgIpc) is 2.63. The van der Waals surface area contributed by atoms with Gasteiger partial charge in [-0.05, 0) is 18.2 Å². The molecule has 0 spiro atoms. The first-order valence-electron chi connectivity index (χ1n) is 4.85. The lowest BCUT2D eigenvalue weighted by molar-refractivity contribution is 0.112. The van der Waals surface area contributed by atoms with Crippen molar-refractivity contribution in [2.24, 2.45) is 0 Å². The summed E-state index contributed by atoms with van der Waals surface area (Å²) in [7, 11) is 0. The van der Waals surface area contributed by atoms with Gasteiger partial charge in [0.1, 0.15) is 0 Å². The molecule has 1 aromatic carbocycles. The Bertz CT molecular complexity index is 598. The number of para-hydroxylation sites is 1. The normalized spacial score (nSPS) is 10.9. The van der Waals surface area contributed by atoms with E-state index in [0.717, 1.165) is 28.3 Å². The molecule has 3 rings (SSSR count). The number of hydrogen-bond donors (Lipinski definition) is 0. The molecule has 0 N–H and O–H groups in total. The number of benzene rings is 1. The number of fused-ring (bicyclic) bond motifs is 3. The van der Waals surface area contributed by atoms with Gasteiger partial charge in [-0.1, -0.05) is 24.3 Å². The second kappa shape index (κ2) is 2.95. The molecule has 3 aromatic rings. The van der Waals surface area contributed by atoms with E-state index in [4.69, 9.17) is 0 Å². The SMILES string of the molecule is O=Cc1c2ccccc2n2ccccc12. The van der Waals surface area contributed by atoms with Crippen LogP contribution in [-0.2, 0) is 0 Å². The summed E-state index contributed by atoms with van der Waals surface area (Å²) >= 11 is 0. The second-order valence-corrected chi connectivity index (χ2v) is 3.50. The zero-order valence-electron chi connectivity index (χ0n) is 8.05. The third kappa shape index (κ3) is 1.02. The zero-order chi connectivity index (χ0) is 10.3. The molecule has 2 nitrogen and oxygen atoms in total. The number of rotatable bonds is 1. The maximum atomic E-state index is 11.1. The molecule has 15 heavy (non-hydrogen) atoms. The lowest BCUT2D eigenvalue weighted by atomic mass is 10.2. The van der Waals surface area contributed by atoms with Crippen LogP contribution in [0.15, 0.2) is 48.7 Å². The summed E-state index contributed by atoms with van der Waals surface area (Å²) in [6, 6.07) is 13.8. The van der Waals surface area contributed by atoms with Gasteiger partial charge in [-0.3, -0.25) is 4.79 Å². The van der Waals surface area contributed by atoms with Crippen molar-refractivity contribution < 1.29 is 4.79 Å². The van der Waals surface area contributed by atoms with Crippen LogP contribution in [0.1, 0.15) is 10.4 Å². The fraction of sp³-hybridized carbons (Fsp3) is 0. The lowest BCUT2D eigenvalue weighted by Gasteiger charge is -1.94. The van der Waals surface area contributed by atoms with Gasteiger partial charge in [-0.15, -0.1) is 0 Å². The molecule has 0 fully saturated rings. The molecule has 0 aliphatic rings. The van der Waals surface area contributed by atoms with Crippen molar-refractivity contribution >= 4 is 22.7 Å². The second-order valence-electron chi connectivity index (χ2n) is 3.50. The Labute approximate surface area is 86.8 Å². The summed E-state index contributed by atoms with van der Waals surface area (Å²) in [6.45, 7) is 0. The zero-order valence-corrected chi connectivity index (χ0v) is 8.05. The van der Waals surface area contributed by atoms with E-state index < -0.39 is 0 Å². The molecule has 0 unspecified atom stereocenters. The van der Waals surface area contributed by atoms with Crippen LogP contribution in [0.5, 0.6) is 0 Å². The minimum Gasteiger partial charge on any atom is -0.316 e. The molecule has 2 heteroatoms. The van der Waals surface area contributed by atoms with E-state index in [-0.39, 0.29) is 0 Å². The molecular weight excluding hydrogens is 186 g/mol. The molecule has 2 aromatic heterocycles. The summed E-state index contributed by atoms with van der Waals surface area (Å²) in [4.78, 5) is 11.1. The fourth-order valence-corrected chi connectivity index (χ4v) is 2.05. The number of pyridine rings is 1. The molecule has 0 atom stereocenters. The predicted octanol–water partition coefficient (Wildman–Crippen LogP) is 2.91. The summed E-state index contributed by atoms with van der Waals surface area (Å²) in [5.74, 6) is 0. The Kier molecular flexibility index (Phi) is 1.62. The Morgan fingerprint density at radius 2 is 1.67 bits per heavy atom. The highest BCUT2D eigenvalue weighted by Crippen LogP contribution is 2.24. The molecule has 72 valence electrons. The van der Waals surface area contributed by atoms with E-state index >= 15 is 0 Å². The van der Waals surface area contributed by atoms with Crippen LogP contribution in [0, 0.1) is 0 Å². The first-order chi connectivity index (χ1) is 7.42. The standard InChI is InChI=1S/C13H9NO/c15-9-11-10-5-1-2-6-12(10)14-8-4-3-7-13(11)14/h1-9H. The molecule has 0 aliphatic heterocycles. The van der Waals surface area contributed by atoms with Crippen molar-refractivity contribution in [3.05, 3.63) is 54.2 Å². The van der Waals surface area contributed by atoms with Gasteiger partial charge in [-0.2, -0.15) is 0 Å². The maximum absolute atomic E-state index is 11.1. The van der Waals surface area contributed by atoms with Gasteiger partial charge < -0.3 is 4.40 Å². The largest absolute Gasteiger partial charge is 0.316 e. The Hall–Kier alpha value is -2.09. The third-order valence-electron chi connectivity index (χ3n) is 2.71. The van der Waals surface area contributed by atoms with Gasteiger partial charge in [0.25, 0.3) is 0 Å². The van der Waals surface area contributed by atoms with Gasteiger partial charge >= 0.3 is 0 Å². The average molecular weight is 195 g/mol. The summed E-state index contributed by atoms with van der Waals surface area (Å²) < 4.78 is 2.04. The summed E-state index contributed by atoms with van der Waals surface area (Å²) in [5, 5.41) is 1.01. The van der Waals surface area contributed by atoms with Gasteiger partial charge in [0.05, 0.1) is 11.0 Å². The van der Waals surface area contributed by atoms with Crippen LogP contribution >= 0.6 is 0 Å². The topological polar surface area (TPSA) is 21.5 Å². The van der Waals surface area contributed by atoms with Crippen molar-refractivity contribution in [2.45, 2.75) is 0 Å². The summed E-state index contributed by atoms with van der Waals surface area (Å²) in [5.41, 5.74) is 2.81. The van der Waals surface area contributed by atoms with E-state index in [9.17, 15) is 4.79 Å². The van der Waals surface area contributed by atoms with Crippen LogP contribution in [0.25, 0.3) is 16.4 Å². The molecular formula is C13H9NO. The Balaban J connectivity index is 2.68. The van der Waals surface area contributed by atoms with Crippen LogP contribution in [0.3, 0.4) is 0 Å². The monoisotopic (exact) mass is 195 g/mol. The van der Waals surface area contributed by atoms with Crippen molar-refractivity contribution in [1.29, 1.82) is 0 Å². The first kappa shape index (κ1) is 8.24. The number of nitrogens with zero attached hydrogens (tertiary/aromatic N) is 1. The highest BCUT2D eigenvalue weighted by atomic mass is 16.1. The van der Waals surface area contributed by atoms with Crippen LogP contribution < -0.4 is 0 Å². The van der Waals surface area contributed by atoms with Gasteiger partial charge in [0.2, 0.25) is 0 Å². The predicted molar refractivity (Wildman–Crippen MR) is 60.3 cm³/mol. The number of aromatic nitrogens is 1. The van der Waals surface area contributed by atoms with E-state index in [2.05, 4.69) is 0 Å². The van der Waals surface area contributed by atoms with Crippen molar-refractivity contribution in [1.82, 2.24) is 4.40 Å². The molecule has 0 saturated heterocycles. The third-order valence-corrected chi connectivity index (χ3v) is 2.71. The van der Waals surface area contributed by atoms with Gasteiger partial charge in [0, 0.05) is 17.1 Å². The molecule has 0 radical (unpaired) electrons. The van der Waals surface area contributed by atoms with Gasteiger partial charge in [0.15, 0.2) is 6.29 Å².